The molecule has 1 N–H and O–H groups in total. The molecular weight excluding hydrogens is 330 g/mol. The van der Waals surface area contributed by atoms with Gasteiger partial charge in [-0.25, -0.2) is 9.97 Å². The Hall–Kier alpha value is -3.09. The molecule has 0 bridgehead atoms. The maximum absolute atomic E-state index is 12.7. The van der Waals surface area contributed by atoms with Crippen molar-refractivity contribution >= 4 is 17.5 Å². The highest BCUT2D eigenvalue weighted by molar-refractivity contribution is 5.93. The van der Waals surface area contributed by atoms with Crippen LogP contribution in [-0.4, -0.2) is 60.6 Å². The normalized spacial score (nSPS) is 14.0. The molecule has 0 unspecified atom stereocenters. The Morgan fingerprint density at radius 2 is 1.92 bits per heavy atom. The highest BCUT2D eigenvalue weighted by Crippen LogP contribution is 2.28. The van der Waals surface area contributed by atoms with Gasteiger partial charge in [0.1, 0.15) is 5.75 Å². The molecule has 0 spiro atoms. The quantitative estimate of drug-likeness (QED) is 0.802. The lowest BCUT2D eigenvalue weighted by atomic mass is 10.2. The second kappa shape index (κ2) is 8.33. The van der Waals surface area contributed by atoms with Crippen LogP contribution in [0.4, 0.5) is 11.6 Å². The van der Waals surface area contributed by atoms with Crippen LogP contribution in [0.15, 0.2) is 49.3 Å². The average molecular weight is 353 g/mol. The zero-order valence-corrected chi connectivity index (χ0v) is 14.9. The Balaban J connectivity index is 1.60. The van der Waals surface area contributed by atoms with E-state index in [1.807, 2.05) is 29.2 Å². The monoisotopic (exact) mass is 353 g/mol. The molecule has 7 heteroatoms. The number of benzene rings is 1. The molecule has 0 saturated carbocycles. The van der Waals surface area contributed by atoms with Crippen LogP contribution in [0, 0.1) is 0 Å². The minimum Gasteiger partial charge on any atom is -0.495 e. The van der Waals surface area contributed by atoms with E-state index in [2.05, 4.69) is 26.8 Å². The summed E-state index contributed by atoms with van der Waals surface area (Å²) in [5.74, 6) is 1.30. The SMILES string of the molecule is C=CCNc1ncc(C(=O)N2CCN(c3ccccc3OC)CC2)cn1. The summed E-state index contributed by atoms with van der Waals surface area (Å²) in [4.78, 5) is 25.1. The summed E-state index contributed by atoms with van der Waals surface area (Å²) in [7, 11) is 1.67. The number of hydrogen-bond acceptors (Lipinski definition) is 6. The van der Waals surface area contributed by atoms with Gasteiger partial charge >= 0.3 is 0 Å². The first-order valence-corrected chi connectivity index (χ1v) is 8.57. The molecule has 1 aromatic carbocycles. The van der Waals surface area contributed by atoms with Crippen molar-refractivity contribution in [2.75, 3.05) is 50.1 Å². The third kappa shape index (κ3) is 3.93. The molecule has 1 fully saturated rings. The summed E-state index contributed by atoms with van der Waals surface area (Å²) in [6.07, 6.45) is 4.85. The lowest BCUT2D eigenvalue weighted by Crippen LogP contribution is -2.48. The average Bonchev–Trinajstić information content (AvgIpc) is 2.72. The van der Waals surface area contributed by atoms with E-state index < -0.39 is 0 Å². The molecular formula is C19H23N5O2. The zero-order chi connectivity index (χ0) is 18.4. The molecule has 26 heavy (non-hydrogen) atoms. The summed E-state index contributed by atoms with van der Waals surface area (Å²) < 4.78 is 5.43. The third-order valence-electron chi connectivity index (χ3n) is 4.30. The van der Waals surface area contributed by atoms with Gasteiger partial charge in [-0.2, -0.15) is 0 Å². The molecule has 0 aliphatic carbocycles. The van der Waals surface area contributed by atoms with Crippen molar-refractivity contribution in [1.29, 1.82) is 0 Å². The molecule has 2 aromatic rings. The number of hydrogen-bond donors (Lipinski definition) is 1. The predicted octanol–water partition coefficient (Wildman–Crippen LogP) is 2.05. The molecule has 7 nitrogen and oxygen atoms in total. The lowest BCUT2D eigenvalue weighted by molar-refractivity contribution is 0.0746. The van der Waals surface area contributed by atoms with E-state index >= 15 is 0 Å². The van der Waals surface area contributed by atoms with E-state index in [-0.39, 0.29) is 5.91 Å². The molecule has 0 atom stereocenters. The number of para-hydroxylation sites is 2. The van der Waals surface area contributed by atoms with Crippen molar-refractivity contribution in [3.05, 3.63) is 54.9 Å². The number of ether oxygens (including phenoxy) is 1. The first-order chi connectivity index (χ1) is 12.7. The van der Waals surface area contributed by atoms with Crippen LogP contribution in [0.5, 0.6) is 5.75 Å². The minimum absolute atomic E-state index is 0.0417. The van der Waals surface area contributed by atoms with E-state index in [1.54, 1.807) is 25.6 Å². The van der Waals surface area contributed by atoms with Gasteiger partial charge in [0.25, 0.3) is 5.91 Å². The lowest BCUT2D eigenvalue weighted by Gasteiger charge is -2.36. The first-order valence-electron chi connectivity index (χ1n) is 8.57. The second-order valence-corrected chi connectivity index (χ2v) is 5.92. The van der Waals surface area contributed by atoms with Gasteiger partial charge in [-0.05, 0) is 12.1 Å². The summed E-state index contributed by atoms with van der Waals surface area (Å²) >= 11 is 0. The highest BCUT2D eigenvalue weighted by Gasteiger charge is 2.24. The van der Waals surface area contributed by atoms with Gasteiger partial charge < -0.3 is 19.9 Å². The van der Waals surface area contributed by atoms with Crippen LogP contribution in [0.3, 0.4) is 0 Å². The number of nitrogens with zero attached hydrogens (tertiary/aromatic N) is 4. The van der Waals surface area contributed by atoms with Gasteiger partial charge in [0.2, 0.25) is 5.95 Å². The van der Waals surface area contributed by atoms with Crippen LogP contribution in [0.1, 0.15) is 10.4 Å². The van der Waals surface area contributed by atoms with Gasteiger partial charge in [-0.15, -0.1) is 6.58 Å². The van der Waals surface area contributed by atoms with Crippen molar-refractivity contribution in [2.45, 2.75) is 0 Å². The van der Waals surface area contributed by atoms with E-state index in [4.69, 9.17) is 4.74 Å². The third-order valence-corrected chi connectivity index (χ3v) is 4.30. The topological polar surface area (TPSA) is 70.6 Å². The van der Waals surface area contributed by atoms with E-state index in [0.29, 0.717) is 31.1 Å². The Kier molecular flexibility index (Phi) is 5.68. The highest BCUT2D eigenvalue weighted by atomic mass is 16.5. The van der Waals surface area contributed by atoms with Crippen LogP contribution in [0.25, 0.3) is 0 Å². The number of carbonyl (C=O) groups is 1. The van der Waals surface area contributed by atoms with Crippen molar-refractivity contribution in [3.63, 3.8) is 0 Å². The standard InChI is InChI=1S/C19H23N5O2/c1-3-8-20-19-21-13-15(14-22-19)18(25)24-11-9-23(10-12-24)16-6-4-5-7-17(16)26-2/h3-7,13-14H,1,8-12H2,2H3,(H,20,21,22). The molecule has 1 aliphatic heterocycles. The van der Waals surface area contributed by atoms with Gasteiger partial charge in [-0.3, -0.25) is 4.79 Å². The first kappa shape index (κ1) is 17.7. The second-order valence-electron chi connectivity index (χ2n) is 5.92. The Morgan fingerprint density at radius 3 is 2.58 bits per heavy atom. The number of carbonyl (C=O) groups excluding carboxylic acids is 1. The van der Waals surface area contributed by atoms with Crippen LogP contribution in [-0.2, 0) is 0 Å². The molecule has 3 rings (SSSR count). The number of nitrogens with one attached hydrogen (secondary N) is 1. The number of piperazine rings is 1. The number of amides is 1. The summed E-state index contributed by atoms with van der Waals surface area (Å²) in [6, 6.07) is 7.94. The van der Waals surface area contributed by atoms with Crippen molar-refractivity contribution in [2.24, 2.45) is 0 Å². The molecule has 1 aliphatic rings. The molecule has 136 valence electrons. The Morgan fingerprint density at radius 1 is 1.23 bits per heavy atom. The molecule has 2 heterocycles. The van der Waals surface area contributed by atoms with Gasteiger partial charge in [0, 0.05) is 45.1 Å². The van der Waals surface area contributed by atoms with E-state index in [0.717, 1.165) is 24.5 Å². The molecule has 1 amide bonds. The van der Waals surface area contributed by atoms with Gasteiger partial charge in [0.05, 0.1) is 18.4 Å². The largest absolute Gasteiger partial charge is 0.495 e. The summed E-state index contributed by atoms with van der Waals surface area (Å²) in [6.45, 7) is 7.02. The molecule has 1 saturated heterocycles. The number of anilines is 2. The van der Waals surface area contributed by atoms with Gasteiger partial charge in [-0.1, -0.05) is 18.2 Å². The number of aromatic nitrogens is 2. The van der Waals surface area contributed by atoms with Gasteiger partial charge in [0.15, 0.2) is 0 Å². The van der Waals surface area contributed by atoms with Crippen LogP contribution in [0.2, 0.25) is 0 Å². The van der Waals surface area contributed by atoms with Crippen LogP contribution >= 0.6 is 0 Å². The Labute approximate surface area is 153 Å². The van der Waals surface area contributed by atoms with Crippen LogP contribution < -0.4 is 15.0 Å². The fraction of sp³-hybridized carbons (Fsp3) is 0.316. The Bertz CT molecular complexity index is 755. The maximum atomic E-state index is 12.7. The predicted molar refractivity (Wildman–Crippen MR) is 102 cm³/mol. The number of methoxy groups -OCH3 is 1. The zero-order valence-electron chi connectivity index (χ0n) is 14.9. The minimum atomic E-state index is -0.0417. The fourth-order valence-corrected chi connectivity index (χ4v) is 2.92. The van der Waals surface area contributed by atoms with Crippen molar-refractivity contribution in [1.82, 2.24) is 14.9 Å². The van der Waals surface area contributed by atoms with Crippen molar-refractivity contribution < 1.29 is 9.53 Å². The smallest absolute Gasteiger partial charge is 0.257 e. The van der Waals surface area contributed by atoms with E-state index in [1.165, 1.54) is 0 Å². The number of rotatable bonds is 6. The van der Waals surface area contributed by atoms with E-state index in [9.17, 15) is 4.79 Å². The summed E-state index contributed by atoms with van der Waals surface area (Å²) in [5, 5.41) is 2.99. The molecule has 0 radical (unpaired) electrons. The molecule has 1 aromatic heterocycles. The summed E-state index contributed by atoms with van der Waals surface area (Å²) in [5.41, 5.74) is 1.56. The maximum Gasteiger partial charge on any atom is 0.257 e. The van der Waals surface area contributed by atoms with Crippen molar-refractivity contribution in [3.8, 4) is 5.75 Å². The fourth-order valence-electron chi connectivity index (χ4n) is 2.92.